The lowest BCUT2D eigenvalue weighted by Crippen LogP contribution is -2.36. The Balaban J connectivity index is 1.54. The van der Waals surface area contributed by atoms with Gasteiger partial charge in [0.1, 0.15) is 17.1 Å². The van der Waals surface area contributed by atoms with E-state index in [-0.39, 0.29) is 17.9 Å². The number of fused-ring (bicyclic) bond motifs is 1. The van der Waals surface area contributed by atoms with Gasteiger partial charge in [-0.15, -0.1) is 0 Å². The molecule has 0 atom stereocenters. The van der Waals surface area contributed by atoms with Crippen LogP contribution < -0.4 is 0 Å². The van der Waals surface area contributed by atoms with E-state index < -0.39 is 12.3 Å². The third-order valence-electron chi connectivity index (χ3n) is 4.09. The molecular weight excluding hydrogens is 330 g/mol. The van der Waals surface area contributed by atoms with Crippen LogP contribution in [0.1, 0.15) is 34.1 Å². The van der Waals surface area contributed by atoms with Crippen molar-refractivity contribution in [3.05, 3.63) is 59.2 Å². The third kappa shape index (κ3) is 2.90. The Bertz CT molecular complexity index is 905. The van der Waals surface area contributed by atoms with Crippen LogP contribution >= 0.6 is 0 Å². The number of rotatable bonds is 3. The number of oxazole rings is 1. The molecule has 0 saturated carbocycles. The van der Waals surface area contributed by atoms with Crippen LogP contribution in [0.15, 0.2) is 40.8 Å². The van der Waals surface area contributed by atoms with Gasteiger partial charge in [0.05, 0.1) is 6.54 Å². The largest absolute Gasteiger partial charge is 0.441 e. The number of aromatic amines is 1. The molecule has 1 N–H and O–H groups in total. The van der Waals surface area contributed by atoms with E-state index in [2.05, 4.69) is 15.2 Å². The third-order valence-corrected chi connectivity index (χ3v) is 4.09. The van der Waals surface area contributed by atoms with E-state index in [9.17, 15) is 13.6 Å². The fourth-order valence-corrected chi connectivity index (χ4v) is 2.80. The molecular formula is C17H14F2N4O2. The van der Waals surface area contributed by atoms with Gasteiger partial charge in [0.2, 0.25) is 5.89 Å². The number of hydrogen-bond donors (Lipinski definition) is 1. The molecule has 25 heavy (non-hydrogen) atoms. The lowest BCUT2D eigenvalue weighted by atomic mass is 10.1. The molecule has 0 saturated heterocycles. The van der Waals surface area contributed by atoms with Gasteiger partial charge in [0.15, 0.2) is 5.69 Å². The second-order valence-corrected chi connectivity index (χ2v) is 5.74. The molecule has 0 aliphatic carbocycles. The smallest absolute Gasteiger partial charge is 0.279 e. The Morgan fingerprint density at radius 1 is 1.28 bits per heavy atom. The van der Waals surface area contributed by atoms with Gasteiger partial charge in [0.25, 0.3) is 12.3 Å². The molecule has 3 heterocycles. The summed E-state index contributed by atoms with van der Waals surface area (Å²) in [5.74, 6) is 0.857. The second kappa shape index (κ2) is 6.12. The van der Waals surface area contributed by atoms with E-state index in [0.717, 1.165) is 17.4 Å². The predicted molar refractivity (Wildman–Crippen MR) is 83.9 cm³/mol. The molecule has 0 spiro atoms. The number of benzene rings is 1. The molecule has 1 aliphatic heterocycles. The van der Waals surface area contributed by atoms with Gasteiger partial charge in [-0.25, -0.2) is 13.8 Å². The molecule has 1 aromatic carbocycles. The minimum atomic E-state index is -2.69. The first kappa shape index (κ1) is 15.5. The van der Waals surface area contributed by atoms with Crippen LogP contribution in [-0.4, -0.2) is 32.5 Å². The van der Waals surface area contributed by atoms with E-state index >= 15 is 0 Å². The van der Waals surface area contributed by atoms with Crippen LogP contribution in [0.4, 0.5) is 8.78 Å². The summed E-state index contributed by atoms with van der Waals surface area (Å²) in [6, 6.07) is 10.6. The summed E-state index contributed by atoms with van der Waals surface area (Å²) < 4.78 is 31.0. The number of amides is 1. The minimum absolute atomic E-state index is 0.0227. The van der Waals surface area contributed by atoms with Crippen LogP contribution in [-0.2, 0) is 13.0 Å². The molecule has 1 aliphatic rings. The van der Waals surface area contributed by atoms with Crippen molar-refractivity contribution < 1.29 is 18.0 Å². The van der Waals surface area contributed by atoms with Crippen LogP contribution in [0.25, 0.3) is 11.5 Å². The Morgan fingerprint density at radius 2 is 2.08 bits per heavy atom. The van der Waals surface area contributed by atoms with Crippen molar-refractivity contribution in [2.75, 3.05) is 6.54 Å². The average Bonchev–Trinajstić information content (AvgIpc) is 3.28. The molecule has 128 valence electrons. The highest BCUT2D eigenvalue weighted by Crippen LogP contribution is 2.27. The summed E-state index contributed by atoms with van der Waals surface area (Å²) in [5, 5.41) is 5.87. The first-order valence-corrected chi connectivity index (χ1v) is 7.78. The first-order chi connectivity index (χ1) is 12.1. The molecule has 0 radical (unpaired) electrons. The SMILES string of the molecule is O=C(c1cc(C(F)F)[nH]n1)N1CCc2oc(-c3ccccc3)nc2C1. The van der Waals surface area contributed by atoms with Gasteiger partial charge in [-0.05, 0) is 18.2 Å². The van der Waals surface area contributed by atoms with Crippen molar-refractivity contribution in [2.24, 2.45) is 0 Å². The Morgan fingerprint density at radius 3 is 2.80 bits per heavy atom. The average molecular weight is 344 g/mol. The predicted octanol–water partition coefficient (Wildman–Crippen LogP) is 3.20. The fraction of sp³-hybridized carbons (Fsp3) is 0.235. The minimum Gasteiger partial charge on any atom is -0.441 e. The quantitative estimate of drug-likeness (QED) is 0.792. The molecule has 8 heteroatoms. The van der Waals surface area contributed by atoms with E-state index in [1.165, 1.54) is 4.90 Å². The number of H-pyrrole nitrogens is 1. The topological polar surface area (TPSA) is 75.0 Å². The lowest BCUT2D eigenvalue weighted by Gasteiger charge is -2.24. The molecule has 1 amide bonds. The van der Waals surface area contributed by atoms with Gasteiger partial charge in [-0.3, -0.25) is 9.89 Å². The van der Waals surface area contributed by atoms with Gasteiger partial charge < -0.3 is 9.32 Å². The summed E-state index contributed by atoms with van der Waals surface area (Å²) in [4.78, 5) is 18.5. The van der Waals surface area contributed by atoms with Gasteiger partial charge >= 0.3 is 0 Å². The highest BCUT2D eigenvalue weighted by atomic mass is 19.3. The number of carbonyl (C=O) groups is 1. The normalized spacial score (nSPS) is 14.0. The maximum absolute atomic E-state index is 12.6. The van der Waals surface area contributed by atoms with Crippen LogP contribution in [0.3, 0.4) is 0 Å². The van der Waals surface area contributed by atoms with E-state index in [0.29, 0.717) is 24.6 Å². The van der Waals surface area contributed by atoms with Crippen molar-refractivity contribution in [3.8, 4) is 11.5 Å². The summed E-state index contributed by atoms with van der Waals surface area (Å²) in [5.41, 5.74) is 1.16. The highest BCUT2D eigenvalue weighted by molar-refractivity contribution is 5.92. The van der Waals surface area contributed by atoms with Crippen molar-refractivity contribution in [1.82, 2.24) is 20.1 Å². The maximum atomic E-state index is 12.6. The first-order valence-electron chi connectivity index (χ1n) is 7.78. The Hall–Kier alpha value is -3.03. The lowest BCUT2D eigenvalue weighted by molar-refractivity contribution is 0.0722. The fourth-order valence-electron chi connectivity index (χ4n) is 2.80. The van der Waals surface area contributed by atoms with Gasteiger partial charge in [-0.1, -0.05) is 18.2 Å². The number of aromatic nitrogens is 3. The van der Waals surface area contributed by atoms with Crippen molar-refractivity contribution in [1.29, 1.82) is 0 Å². The number of nitrogens with one attached hydrogen (secondary N) is 1. The number of alkyl halides is 2. The van der Waals surface area contributed by atoms with E-state index in [1.807, 2.05) is 30.3 Å². The standard InChI is InChI=1S/C17H14F2N4O2/c18-15(19)11-8-12(22-21-11)17(24)23-7-6-14-13(9-23)20-16(25-14)10-4-2-1-3-5-10/h1-5,8,15H,6-7,9H2,(H,21,22). The summed E-state index contributed by atoms with van der Waals surface area (Å²) >= 11 is 0. The molecule has 2 aromatic heterocycles. The number of nitrogens with zero attached hydrogens (tertiary/aromatic N) is 3. The molecule has 3 aromatic rings. The van der Waals surface area contributed by atoms with Gasteiger partial charge in [0, 0.05) is 18.5 Å². The molecule has 0 fully saturated rings. The van der Waals surface area contributed by atoms with Crippen LogP contribution in [0, 0.1) is 0 Å². The molecule has 6 nitrogen and oxygen atoms in total. The van der Waals surface area contributed by atoms with Crippen LogP contribution in [0.5, 0.6) is 0 Å². The zero-order valence-electron chi connectivity index (χ0n) is 13.1. The summed E-state index contributed by atoms with van der Waals surface area (Å²) in [6.07, 6.45) is -2.17. The Kier molecular flexibility index (Phi) is 3.79. The van der Waals surface area contributed by atoms with E-state index in [4.69, 9.17) is 4.42 Å². The van der Waals surface area contributed by atoms with Gasteiger partial charge in [-0.2, -0.15) is 5.10 Å². The maximum Gasteiger partial charge on any atom is 0.279 e. The number of hydrogen-bond acceptors (Lipinski definition) is 4. The Labute approximate surface area is 141 Å². The van der Waals surface area contributed by atoms with Crippen molar-refractivity contribution in [2.45, 2.75) is 19.4 Å². The molecule has 4 rings (SSSR count). The molecule has 0 bridgehead atoms. The highest BCUT2D eigenvalue weighted by Gasteiger charge is 2.28. The van der Waals surface area contributed by atoms with Crippen LogP contribution in [0.2, 0.25) is 0 Å². The summed E-state index contributed by atoms with van der Waals surface area (Å²) in [7, 11) is 0. The monoisotopic (exact) mass is 344 g/mol. The molecule has 0 unspecified atom stereocenters. The van der Waals surface area contributed by atoms with Crippen molar-refractivity contribution >= 4 is 5.91 Å². The zero-order valence-corrected chi connectivity index (χ0v) is 13.1. The second-order valence-electron chi connectivity index (χ2n) is 5.74. The zero-order chi connectivity index (χ0) is 17.4. The number of carbonyl (C=O) groups excluding carboxylic acids is 1. The van der Waals surface area contributed by atoms with Crippen molar-refractivity contribution in [3.63, 3.8) is 0 Å². The van der Waals surface area contributed by atoms with E-state index in [1.54, 1.807) is 0 Å². The number of halogens is 2. The summed E-state index contributed by atoms with van der Waals surface area (Å²) in [6.45, 7) is 0.688.